The molecule has 0 saturated heterocycles. The Bertz CT molecular complexity index is 824. The molecule has 0 radical (unpaired) electrons. The summed E-state index contributed by atoms with van der Waals surface area (Å²) >= 11 is 1.43. The number of aromatic nitrogens is 1. The normalized spacial score (nSPS) is 10.8. The number of ether oxygens (including phenoxy) is 2. The van der Waals surface area contributed by atoms with Crippen molar-refractivity contribution in [3.05, 3.63) is 44.4 Å². The highest BCUT2D eigenvalue weighted by atomic mass is 32.1. The highest BCUT2D eigenvalue weighted by Gasteiger charge is 2.24. The van der Waals surface area contributed by atoms with Gasteiger partial charge in [-0.25, -0.2) is 4.98 Å². The molecule has 0 aliphatic carbocycles. The first-order chi connectivity index (χ1) is 14.4. The molecule has 30 heavy (non-hydrogen) atoms. The lowest BCUT2D eigenvalue weighted by molar-refractivity contribution is -0.385. The summed E-state index contributed by atoms with van der Waals surface area (Å²) in [4.78, 5) is 27.6. The summed E-state index contributed by atoms with van der Waals surface area (Å²) in [6.07, 6.45) is 5.35. The van der Waals surface area contributed by atoms with Crippen LogP contribution in [0.25, 0.3) is 0 Å². The fourth-order valence-corrected chi connectivity index (χ4v) is 3.49. The number of hydrogen-bond donors (Lipinski definition) is 1. The number of rotatable bonds is 13. The van der Waals surface area contributed by atoms with Gasteiger partial charge in [0, 0.05) is 18.0 Å². The first-order valence-corrected chi connectivity index (χ1v) is 11.0. The van der Waals surface area contributed by atoms with Gasteiger partial charge >= 0.3 is 0 Å². The predicted molar refractivity (Wildman–Crippen MR) is 116 cm³/mol. The van der Waals surface area contributed by atoms with Gasteiger partial charge in [-0.15, -0.1) is 11.3 Å². The van der Waals surface area contributed by atoms with Gasteiger partial charge in [-0.1, -0.05) is 39.5 Å². The Labute approximate surface area is 180 Å². The number of methoxy groups -OCH3 is 1. The van der Waals surface area contributed by atoms with Gasteiger partial charge in [0.05, 0.1) is 29.3 Å². The Morgan fingerprint density at radius 1 is 1.23 bits per heavy atom. The van der Waals surface area contributed by atoms with Gasteiger partial charge in [0.25, 0.3) is 11.6 Å². The van der Waals surface area contributed by atoms with Crippen molar-refractivity contribution in [1.29, 1.82) is 0 Å². The van der Waals surface area contributed by atoms with Gasteiger partial charge < -0.3 is 14.8 Å². The lowest BCUT2D eigenvalue weighted by atomic mass is 10.0. The van der Waals surface area contributed by atoms with Crippen LogP contribution in [-0.2, 0) is 6.61 Å². The maximum absolute atomic E-state index is 12.6. The summed E-state index contributed by atoms with van der Waals surface area (Å²) < 4.78 is 10.9. The largest absolute Gasteiger partial charge is 0.493 e. The first kappa shape index (κ1) is 23.6. The number of amides is 1. The third-order valence-electron chi connectivity index (χ3n) is 4.58. The standard InChI is InChI=1S/C21H29N3O5S/c1-15(2)8-6-4-5-7-9-22-21(25)17-10-19(28-3)20(11-18(17)24(26)27)29-12-16-13-30-14-23-16/h10-11,13-15H,4-9,12H2,1-3H3,(H,22,25). The average Bonchev–Trinajstić information content (AvgIpc) is 3.24. The van der Waals surface area contributed by atoms with Crippen LogP contribution < -0.4 is 14.8 Å². The fraction of sp³-hybridized carbons (Fsp3) is 0.524. The molecular formula is C21H29N3O5S. The van der Waals surface area contributed by atoms with Crippen molar-refractivity contribution < 1.29 is 19.2 Å². The van der Waals surface area contributed by atoms with Crippen molar-refractivity contribution in [2.75, 3.05) is 13.7 Å². The second kappa shape index (κ2) is 12.1. The molecule has 2 rings (SSSR count). The quantitative estimate of drug-likeness (QED) is 0.270. The Morgan fingerprint density at radius 2 is 2.00 bits per heavy atom. The number of nitro benzene ring substituents is 1. The Balaban J connectivity index is 1.99. The smallest absolute Gasteiger partial charge is 0.286 e. The summed E-state index contributed by atoms with van der Waals surface area (Å²) in [6, 6.07) is 2.58. The summed E-state index contributed by atoms with van der Waals surface area (Å²) in [6.45, 7) is 5.04. The lowest BCUT2D eigenvalue weighted by Gasteiger charge is -2.12. The van der Waals surface area contributed by atoms with E-state index in [9.17, 15) is 14.9 Å². The molecule has 0 aliphatic rings. The minimum Gasteiger partial charge on any atom is -0.493 e. The van der Waals surface area contributed by atoms with Crippen molar-refractivity contribution in [3.63, 3.8) is 0 Å². The number of unbranched alkanes of at least 4 members (excludes halogenated alkanes) is 3. The number of nitrogens with one attached hydrogen (secondary N) is 1. The van der Waals surface area contributed by atoms with Crippen LogP contribution in [0.15, 0.2) is 23.0 Å². The lowest BCUT2D eigenvalue weighted by Crippen LogP contribution is -2.25. The van der Waals surface area contributed by atoms with E-state index in [2.05, 4.69) is 24.1 Å². The molecule has 0 spiro atoms. The molecule has 0 atom stereocenters. The van der Waals surface area contributed by atoms with Crippen LogP contribution in [0.1, 0.15) is 62.0 Å². The van der Waals surface area contributed by atoms with Gasteiger partial charge in [-0.3, -0.25) is 14.9 Å². The van der Waals surface area contributed by atoms with Gasteiger partial charge in [-0.2, -0.15) is 0 Å². The number of carbonyl (C=O) groups is 1. The molecule has 1 heterocycles. The number of benzene rings is 1. The summed E-state index contributed by atoms with van der Waals surface area (Å²) in [5.41, 5.74) is 2.02. The van der Waals surface area contributed by atoms with Gasteiger partial charge in [0.1, 0.15) is 12.2 Å². The number of nitro groups is 1. The summed E-state index contributed by atoms with van der Waals surface area (Å²) in [5.74, 6) is 0.662. The highest BCUT2D eigenvalue weighted by Crippen LogP contribution is 2.35. The van der Waals surface area contributed by atoms with E-state index in [4.69, 9.17) is 9.47 Å². The Morgan fingerprint density at radius 3 is 2.63 bits per heavy atom. The van der Waals surface area contributed by atoms with Crippen LogP contribution >= 0.6 is 11.3 Å². The molecule has 1 aromatic heterocycles. The zero-order chi connectivity index (χ0) is 21.9. The second-order valence-corrected chi connectivity index (χ2v) is 8.12. The van der Waals surface area contributed by atoms with Gasteiger partial charge in [0.15, 0.2) is 11.5 Å². The molecule has 0 aliphatic heterocycles. The third kappa shape index (κ3) is 7.29. The van der Waals surface area contributed by atoms with Crippen molar-refractivity contribution in [2.24, 2.45) is 5.92 Å². The number of thiazole rings is 1. The summed E-state index contributed by atoms with van der Waals surface area (Å²) in [5, 5.41) is 16.1. The van der Waals surface area contributed by atoms with E-state index in [1.54, 1.807) is 5.51 Å². The minimum atomic E-state index is -0.587. The molecule has 9 heteroatoms. The van der Waals surface area contributed by atoms with Crippen LogP contribution in [0, 0.1) is 16.0 Å². The maximum atomic E-state index is 12.6. The van der Waals surface area contributed by atoms with E-state index >= 15 is 0 Å². The number of hydrogen-bond acceptors (Lipinski definition) is 7. The van der Waals surface area contributed by atoms with Crippen molar-refractivity contribution in [3.8, 4) is 11.5 Å². The molecule has 1 N–H and O–H groups in total. The SMILES string of the molecule is COc1cc(C(=O)NCCCCCCC(C)C)c([N+](=O)[O-])cc1OCc1cscn1. The average molecular weight is 436 g/mol. The zero-order valence-corrected chi connectivity index (χ0v) is 18.5. The van der Waals surface area contributed by atoms with Crippen LogP contribution in [0.4, 0.5) is 5.69 Å². The molecule has 164 valence electrons. The molecule has 0 fully saturated rings. The molecule has 0 bridgehead atoms. The summed E-state index contributed by atoms with van der Waals surface area (Å²) in [7, 11) is 1.43. The van der Waals surface area contributed by atoms with Crippen molar-refractivity contribution in [2.45, 2.75) is 52.6 Å². The fourth-order valence-electron chi connectivity index (χ4n) is 2.94. The molecule has 0 unspecified atom stereocenters. The van der Waals surface area contributed by atoms with E-state index in [1.165, 1.54) is 43.4 Å². The Hall–Kier alpha value is -2.68. The maximum Gasteiger partial charge on any atom is 0.286 e. The molecular weight excluding hydrogens is 406 g/mol. The number of carbonyl (C=O) groups excluding carboxylic acids is 1. The van der Waals surface area contributed by atoms with Crippen LogP contribution in [0.5, 0.6) is 11.5 Å². The van der Waals surface area contributed by atoms with Crippen LogP contribution in [-0.4, -0.2) is 29.5 Å². The van der Waals surface area contributed by atoms with Gasteiger partial charge in [0.2, 0.25) is 0 Å². The number of nitrogens with zero attached hydrogens (tertiary/aromatic N) is 2. The van der Waals surface area contributed by atoms with E-state index in [-0.39, 0.29) is 29.4 Å². The molecule has 8 nitrogen and oxygen atoms in total. The topological polar surface area (TPSA) is 104 Å². The molecule has 2 aromatic rings. The monoisotopic (exact) mass is 435 g/mol. The van der Waals surface area contributed by atoms with Crippen molar-refractivity contribution in [1.82, 2.24) is 10.3 Å². The van der Waals surface area contributed by atoms with E-state index in [0.29, 0.717) is 18.2 Å². The predicted octanol–water partition coefficient (Wildman–Crippen LogP) is 4.98. The second-order valence-electron chi connectivity index (χ2n) is 7.40. The van der Waals surface area contributed by atoms with Crippen LogP contribution in [0.3, 0.4) is 0 Å². The molecule has 1 amide bonds. The Kier molecular flexibility index (Phi) is 9.53. The van der Waals surface area contributed by atoms with Crippen LogP contribution in [0.2, 0.25) is 0 Å². The third-order valence-corrected chi connectivity index (χ3v) is 5.21. The van der Waals surface area contributed by atoms with Crippen molar-refractivity contribution >= 4 is 22.9 Å². The molecule has 1 aromatic carbocycles. The zero-order valence-electron chi connectivity index (χ0n) is 17.7. The first-order valence-electron chi connectivity index (χ1n) is 10.1. The molecule has 0 saturated carbocycles. The highest BCUT2D eigenvalue weighted by molar-refractivity contribution is 7.07. The van der Waals surface area contributed by atoms with E-state index in [0.717, 1.165) is 19.3 Å². The van der Waals surface area contributed by atoms with E-state index in [1.807, 2.05) is 5.38 Å². The van der Waals surface area contributed by atoms with E-state index < -0.39 is 10.8 Å². The van der Waals surface area contributed by atoms with Gasteiger partial charge in [-0.05, 0) is 12.3 Å². The minimum absolute atomic E-state index is 0.0438.